The lowest BCUT2D eigenvalue weighted by Crippen LogP contribution is -2.10. The summed E-state index contributed by atoms with van der Waals surface area (Å²) in [6.45, 7) is 0. The van der Waals surface area contributed by atoms with Gasteiger partial charge in [-0.3, -0.25) is 4.79 Å². The zero-order valence-electron chi connectivity index (χ0n) is 11.7. The highest BCUT2D eigenvalue weighted by Gasteiger charge is 2.30. The van der Waals surface area contributed by atoms with Crippen LogP contribution in [0.4, 0.5) is 13.2 Å². The summed E-state index contributed by atoms with van der Waals surface area (Å²) in [7, 11) is 0. The van der Waals surface area contributed by atoms with Crippen molar-refractivity contribution in [3.8, 4) is 5.69 Å². The molecule has 1 heterocycles. The molecule has 0 fully saturated rings. The molecule has 0 aliphatic rings. The van der Waals surface area contributed by atoms with Gasteiger partial charge in [-0.25, -0.2) is 0 Å². The van der Waals surface area contributed by atoms with Gasteiger partial charge in [-0.15, -0.1) is 0 Å². The molecular formula is C16H10F3N3O. The van der Waals surface area contributed by atoms with E-state index in [4.69, 9.17) is 0 Å². The number of carbonyl (C=O) groups is 1. The molecule has 0 aliphatic carbocycles. The molecule has 116 valence electrons. The van der Waals surface area contributed by atoms with Gasteiger partial charge in [-0.05, 0) is 24.3 Å². The molecule has 0 amide bonds. The van der Waals surface area contributed by atoms with Crippen LogP contribution < -0.4 is 0 Å². The predicted molar refractivity (Wildman–Crippen MR) is 76.2 cm³/mol. The van der Waals surface area contributed by atoms with Crippen LogP contribution in [-0.2, 0) is 6.18 Å². The largest absolute Gasteiger partial charge is 0.416 e. The molecule has 0 aliphatic heterocycles. The molecule has 0 atom stereocenters. The van der Waals surface area contributed by atoms with Crippen LogP contribution in [-0.4, -0.2) is 20.8 Å². The number of benzene rings is 2. The van der Waals surface area contributed by atoms with Crippen molar-refractivity contribution in [1.29, 1.82) is 0 Å². The normalized spacial score (nSPS) is 11.4. The maximum absolute atomic E-state index is 12.6. The fraction of sp³-hybridized carbons (Fsp3) is 0.0625. The van der Waals surface area contributed by atoms with Crippen LogP contribution in [0.3, 0.4) is 0 Å². The maximum atomic E-state index is 12.6. The first-order chi connectivity index (χ1) is 11.0. The molecule has 3 rings (SSSR count). The Kier molecular flexibility index (Phi) is 3.69. The van der Waals surface area contributed by atoms with Crippen LogP contribution in [0.2, 0.25) is 0 Å². The molecule has 4 nitrogen and oxygen atoms in total. The van der Waals surface area contributed by atoms with E-state index < -0.39 is 17.5 Å². The second kappa shape index (κ2) is 5.68. The first kappa shape index (κ1) is 15.0. The Balaban J connectivity index is 1.99. The smallest absolute Gasteiger partial charge is 0.289 e. The van der Waals surface area contributed by atoms with E-state index in [1.165, 1.54) is 29.3 Å². The molecule has 0 saturated carbocycles. The van der Waals surface area contributed by atoms with Gasteiger partial charge in [0, 0.05) is 5.56 Å². The van der Waals surface area contributed by atoms with Gasteiger partial charge < -0.3 is 0 Å². The van der Waals surface area contributed by atoms with Gasteiger partial charge in [0.15, 0.2) is 5.78 Å². The van der Waals surface area contributed by atoms with Crippen LogP contribution in [0.15, 0.2) is 60.9 Å². The second-order valence-electron chi connectivity index (χ2n) is 4.74. The Morgan fingerprint density at radius 2 is 1.52 bits per heavy atom. The molecule has 2 aromatic carbocycles. The number of alkyl halides is 3. The average Bonchev–Trinajstić information content (AvgIpc) is 3.08. The van der Waals surface area contributed by atoms with Gasteiger partial charge in [-0.2, -0.15) is 28.2 Å². The monoisotopic (exact) mass is 317 g/mol. The fourth-order valence-electron chi connectivity index (χ4n) is 2.15. The molecule has 1 aromatic heterocycles. The Bertz CT molecular complexity index is 825. The van der Waals surface area contributed by atoms with Gasteiger partial charge in [0.05, 0.1) is 29.2 Å². The molecule has 0 bridgehead atoms. The Hall–Kier alpha value is -2.96. The topological polar surface area (TPSA) is 47.8 Å². The van der Waals surface area contributed by atoms with Gasteiger partial charge in [0.1, 0.15) is 0 Å². The van der Waals surface area contributed by atoms with Crippen molar-refractivity contribution >= 4 is 5.78 Å². The maximum Gasteiger partial charge on any atom is 0.416 e. The Morgan fingerprint density at radius 3 is 2.13 bits per heavy atom. The quantitative estimate of drug-likeness (QED) is 0.695. The molecule has 0 unspecified atom stereocenters. The van der Waals surface area contributed by atoms with Crippen molar-refractivity contribution in [2.75, 3.05) is 0 Å². The highest BCUT2D eigenvalue weighted by Crippen LogP contribution is 2.29. The highest BCUT2D eigenvalue weighted by atomic mass is 19.4. The number of halogens is 3. The second-order valence-corrected chi connectivity index (χ2v) is 4.74. The van der Waals surface area contributed by atoms with Crippen LogP contribution in [0.5, 0.6) is 0 Å². The third-order valence-corrected chi connectivity index (χ3v) is 3.26. The van der Waals surface area contributed by atoms with E-state index in [9.17, 15) is 18.0 Å². The summed E-state index contributed by atoms with van der Waals surface area (Å²) in [5.74, 6) is -0.397. The lowest BCUT2D eigenvalue weighted by atomic mass is 10.0. The van der Waals surface area contributed by atoms with Gasteiger partial charge >= 0.3 is 6.18 Å². The standard InChI is InChI=1S/C16H10F3N3O/c17-16(18,19)12-7-5-11(6-8-12)15(23)13-3-1-2-4-14(13)22-20-9-10-21-22/h1-10H. The third-order valence-electron chi connectivity index (χ3n) is 3.26. The molecule has 7 heteroatoms. The minimum absolute atomic E-state index is 0.164. The number of aromatic nitrogens is 3. The molecular weight excluding hydrogens is 307 g/mol. The summed E-state index contributed by atoms with van der Waals surface area (Å²) in [6.07, 6.45) is -1.49. The Labute approximate surface area is 129 Å². The van der Waals surface area contributed by atoms with Crippen LogP contribution >= 0.6 is 0 Å². The fourth-order valence-corrected chi connectivity index (χ4v) is 2.15. The number of hydrogen-bond donors (Lipinski definition) is 0. The van der Waals surface area contributed by atoms with Crippen LogP contribution in [0.1, 0.15) is 21.5 Å². The van der Waals surface area contributed by atoms with E-state index in [0.29, 0.717) is 11.3 Å². The zero-order chi connectivity index (χ0) is 16.4. The van der Waals surface area contributed by atoms with E-state index in [1.807, 2.05) is 0 Å². The van der Waals surface area contributed by atoms with Crippen molar-refractivity contribution in [1.82, 2.24) is 15.0 Å². The van der Waals surface area contributed by atoms with E-state index in [1.54, 1.807) is 24.3 Å². The SMILES string of the molecule is O=C(c1ccc(C(F)(F)F)cc1)c1ccccc1-n1nccn1. The number of nitrogens with zero attached hydrogens (tertiary/aromatic N) is 3. The minimum atomic E-state index is -4.43. The minimum Gasteiger partial charge on any atom is -0.289 e. The summed E-state index contributed by atoms with van der Waals surface area (Å²) < 4.78 is 37.8. The molecule has 0 N–H and O–H groups in total. The Morgan fingerprint density at radius 1 is 0.913 bits per heavy atom. The van der Waals surface area contributed by atoms with Crippen molar-refractivity contribution in [3.63, 3.8) is 0 Å². The number of para-hydroxylation sites is 1. The lowest BCUT2D eigenvalue weighted by Gasteiger charge is -2.09. The molecule has 0 spiro atoms. The van der Waals surface area contributed by atoms with Crippen molar-refractivity contribution < 1.29 is 18.0 Å². The molecule has 0 saturated heterocycles. The van der Waals surface area contributed by atoms with Crippen LogP contribution in [0, 0.1) is 0 Å². The summed E-state index contributed by atoms with van der Waals surface area (Å²) >= 11 is 0. The summed E-state index contributed by atoms with van der Waals surface area (Å²) in [4.78, 5) is 13.9. The summed E-state index contributed by atoms with van der Waals surface area (Å²) in [5, 5.41) is 7.95. The van der Waals surface area contributed by atoms with Crippen molar-refractivity contribution in [2.45, 2.75) is 6.18 Å². The zero-order valence-corrected chi connectivity index (χ0v) is 11.7. The van der Waals surface area contributed by atoms with Gasteiger partial charge in [0.2, 0.25) is 0 Å². The summed E-state index contributed by atoms with van der Waals surface area (Å²) in [5.41, 5.74) is 0.138. The lowest BCUT2D eigenvalue weighted by molar-refractivity contribution is -0.137. The predicted octanol–water partition coefficient (Wildman–Crippen LogP) is 3.52. The highest BCUT2D eigenvalue weighted by molar-refractivity contribution is 6.11. The number of ketones is 1. The first-order valence-electron chi connectivity index (χ1n) is 6.64. The average molecular weight is 317 g/mol. The van der Waals surface area contributed by atoms with Gasteiger partial charge in [-0.1, -0.05) is 24.3 Å². The van der Waals surface area contributed by atoms with Gasteiger partial charge in [0.25, 0.3) is 0 Å². The van der Waals surface area contributed by atoms with E-state index in [0.717, 1.165) is 12.1 Å². The molecule has 0 radical (unpaired) electrons. The van der Waals surface area contributed by atoms with Crippen molar-refractivity contribution in [2.24, 2.45) is 0 Å². The van der Waals surface area contributed by atoms with E-state index >= 15 is 0 Å². The molecule has 23 heavy (non-hydrogen) atoms. The van der Waals surface area contributed by atoms with E-state index in [2.05, 4.69) is 10.2 Å². The number of carbonyl (C=O) groups excluding carboxylic acids is 1. The van der Waals surface area contributed by atoms with E-state index in [-0.39, 0.29) is 5.56 Å². The summed E-state index contributed by atoms with van der Waals surface area (Å²) in [6, 6.07) is 10.8. The number of hydrogen-bond acceptors (Lipinski definition) is 3. The van der Waals surface area contributed by atoms with Crippen molar-refractivity contribution in [3.05, 3.63) is 77.6 Å². The third kappa shape index (κ3) is 2.98. The van der Waals surface area contributed by atoms with Crippen LogP contribution in [0.25, 0.3) is 5.69 Å². The molecule has 3 aromatic rings. The first-order valence-corrected chi connectivity index (χ1v) is 6.64. The number of rotatable bonds is 3.